The quantitative estimate of drug-likeness (QED) is 0.437. The Kier molecular flexibility index (Phi) is 3.53. The second-order valence-corrected chi connectivity index (χ2v) is 3.43. The van der Waals surface area contributed by atoms with Gasteiger partial charge in [0.25, 0.3) is 0 Å². The van der Waals surface area contributed by atoms with E-state index in [0.29, 0.717) is 12.2 Å². The SMILES string of the molecule is CC(C)CC(=O)N(N)c1cnccn1. The first-order valence-electron chi connectivity index (χ1n) is 4.45. The smallest absolute Gasteiger partial charge is 0.242 e. The van der Waals surface area contributed by atoms with Crippen LogP contribution >= 0.6 is 0 Å². The Balaban J connectivity index is 2.66. The topological polar surface area (TPSA) is 72.1 Å². The van der Waals surface area contributed by atoms with Crippen LogP contribution in [0.15, 0.2) is 18.6 Å². The van der Waals surface area contributed by atoms with Crippen molar-refractivity contribution in [1.82, 2.24) is 9.97 Å². The summed E-state index contributed by atoms with van der Waals surface area (Å²) in [6, 6.07) is 0. The average molecular weight is 194 g/mol. The van der Waals surface area contributed by atoms with Crippen molar-refractivity contribution in [3.63, 3.8) is 0 Å². The standard InChI is InChI=1S/C9H14N4O/c1-7(2)5-9(14)13(10)8-6-11-3-4-12-8/h3-4,6-7H,5,10H2,1-2H3. The average Bonchev–Trinajstić information content (AvgIpc) is 2.17. The second-order valence-electron chi connectivity index (χ2n) is 3.43. The van der Waals surface area contributed by atoms with Crippen LogP contribution in [-0.4, -0.2) is 15.9 Å². The molecular weight excluding hydrogens is 180 g/mol. The van der Waals surface area contributed by atoms with Gasteiger partial charge in [0.15, 0.2) is 5.82 Å². The highest BCUT2D eigenvalue weighted by Crippen LogP contribution is 2.07. The molecule has 1 heterocycles. The van der Waals surface area contributed by atoms with Crippen LogP contribution < -0.4 is 10.9 Å². The molecule has 5 heteroatoms. The van der Waals surface area contributed by atoms with E-state index in [4.69, 9.17) is 5.84 Å². The minimum absolute atomic E-state index is 0.152. The third-order valence-corrected chi connectivity index (χ3v) is 1.65. The van der Waals surface area contributed by atoms with Gasteiger partial charge in [-0.2, -0.15) is 0 Å². The summed E-state index contributed by atoms with van der Waals surface area (Å²) in [5, 5.41) is 1.03. The zero-order chi connectivity index (χ0) is 10.6. The molecule has 0 atom stereocenters. The van der Waals surface area contributed by atoms with Gasteiger partial charge in [-0.25, -0.2) is 15.8 Å². The number of amides is 1. The molecular formula is C9H14N4O. The Bertz CT molecular complexity index is 299. The summed E-state index contributed by atoms with van der Waals surface area (Å²) in [6.45, 7) is 3.92. The van der Waals surface area contributed by atoms with E-state index in [1.165, 1.54) is 18.6 Å². The normalized spacial score (nSPS) is 10.3. The molecule has 0 bridgehead atoms. The molecule has 1 aromatic heterocycles. The fourth-order valence-electron chi connectivity index (χ4n) is 0.991. The Hall–Kier alpha value is -1.49. The van der Waals surface area contributed by atoms with Crippen LogP contribution in [0.2, 0.25) is 0 Å². The van der Waals surface area contributed by atoms with Crippen LogP contribution in [0.5, 0.6) is 0 Å². The maximum Gasteiger partial charge on any atom is 0.242 e. The number of rotatable bonds is 3. The predicted octanol–water partition coefficient (Wildman–Crippen LogP) is 0.729. The summed E-state index contributed by atoms with van der Waals surface area (Å²) in [5.41, 5.74) is 0. The van der Waals surface area contributed by atoms with Gasteiger partial charge < -0.3 is 0 Å². The largest absolute Gasteiger partial charge is 0.273 e. The second kappa shape index (κ2) is 4.66. The molecule has 0 aromatic carbocycles. The van der Waals surface area contributed by atoms with Crippen molar-refractivity contribution in [2.75, 3.05) is 5.01 Å². The van der Waals surface area contributed by atoms with Crippen molar-refractivity contribution in [2.45, 2.75) is 20.3 Å². The van der Waals surface area contributed by atoms with E-state index < -0.39 is 0 Å². The lowest BCUT2D eigenvalue weighted by Crippen LogP contribution is -2.38. The summed E-state index contributed by atoms with van der Waals surface area (Å²) >= 11 is 0. The van der Waals surface area contributed by atoms with Crippen LogP contribution in [0.4, 0.5) is 5.82 Å². The predicted molar refractivity (Wildman–Crippen MR) is 53.2 cm³/mol. The minimum Gasteiger partial charge on any atom is -0.273 e. The summed E-state index contributed by atoms with van der Waals surface area (Å²) in [4.78, 5) is 19.2. The van der Waals surface area contributed by atoms with Gasteiger partial charge in [0.1, 0.15) is 0 Å². The molecule has 0 fully saturated rings. The number of hydrogen-bond acceptors (Lipinski definition) is 4. The minimum atomic E-state index is -0.152. The summed E-state index contributed by atoms with van der Waals surface area (Å²) < 4.78 is 0. The monoisotopic (exact) mass is 194 g/mol. The number of anilines is 1. The van der Waals surface area contributed by atoms with E-state index in [1.54, 1.807) is 0 Å². The van der Waals surface area contributed by atoms with E-state index in [9.17, 15) is 4.79 Å². The van der Waals surface area contributed by atoms with Crippen molar-refractivity contribution in [2.24, 2.45) is 11.8 Å². The first kappa shape index (κ1) is 10.6. The number of nitrogens with zero attached hydrogens (tertiary/aromatic N) is 3. The lowest BCUT2D eigenvalue weighted by atomic mass is 10.1. The summed E-state index contributed by atoms with van der Waals surface area (Å²) in [5.74, 6) is 6.07. The molecule has 0 unspecified atom stereocenters. The Labute approximate surface area is 82.9 Å². The molecule has 0 aliphatic carbocycles. The molecule has 0 aliphatic heterocycles. The van der Waals surface area contributed by atoms with Crippen LogP contribution in [-0.2, 0) is 4.79 Å². The molecule has 0 saturated carbocycles. The van der Waals surface area contributed by atoms with Crippen LogP contribution in [0.3, 0.4) is 0 Å². The number of hydrazine groups is 1. The van der Waals surface area contributed by atoms with Crippen molar-refractivity contribution < 1.29 is 4.79 Å². The first-order chi connectivity index (χ1) is 6.61. The lowest BCUT2D eigenvalue weighted by Gasteiger charge is -2.15. The van der Waals surface area contributed by atoms with Crippen molar-refractivity contribution >= 4 is 11.7 Å². The van der Waals surface area contributed by atoms with E-state index in [0.717, 1.165) is 5.01 Å². The number of aromatic nitrogens is 2. The van der Waals surface area contributed by atoms with Gasteiger partial charge in [-0.15, -0.1) is 0 Å². The van der Waals surface area contributed by atoms with Crippen molar-refractivity contribution in [3.05, 3.63) is 18.6 Å². The Morgan fingerprint density at radius 1 is 1.57 bits per heavy atom. The third-order valence-electron chi connectivity index (χ3n) is 1.65. The number of carbonyl (C=O) groups is 1. The van der Waals surface area contributed by atoms with Gasteiger partial charge >= 0.3 is 0 Å². The lowest BCUT2D eigenvalue weighted by molar-refractivity contribution is -0.119. The fourth-order valence-corrected chi connectivity index (χ4v) is 0.991. The first-order valence-corrected chi connectivity index (χ1v) is 4.45. The summed E-state index contributed by atoms with van der Waals surface area (Å²) in [7, 11) is 0. The zero-order valence-corrected chi connectivity index (χ0v) is 8.34. The number of nitrogens with two attached hydrogens (primary N) is 1. The molecule has 5 nitrogen and oxygen atoms in total. The van der Waals surface area contributed by atoms with Gasteiger partial charge in [-0.05, 0) is 5.92 Å². The van der Waals surface area contributed by atoms with E-state index >= 15 is 0 Å². The van der Waals surface area contributed by atoms with Gasteiger partial charge in [0.05, 0.1) is 6.20 Å². The summed E-state index contributed by atoms with van der Waals surface area (Å²) in [6.07, 6.45) is 4.90. The molecule has 14 heavy (non-hydrogen) atoms. The van der Waals surface area contributed by atoms with Gasteiger partial charge in [0.2, 0.25) is 5.91 Å². The molecule has 2 N–H and O–H groups in total. The van der Waals surface area contributed by atoms with Crippen LogP contribution in [0, 0.1) is 5.92 Å². The van der Waals surface area contributed by atoms with Crippen molar-refractivity contribution in [1.29, 1.82) is 0 Å². The third kappa shape index (κ3) is 2.77. The fraction of sp³-hybridized carbons (Fsp3) is 0.444. The Morgan fingerprint density at radius 3 is 2.79 bits per heavy atom. The molecule has 1 aromatic rings. The number of carbonyl (C=O) groups excluding carboxylic acids is 1. The highest BCUT2D eigenvalue weighted by Gasteiger charge is 2.13. The maximum atomic E-state index is 11.5. The molecule has 0 aliphatic rings. The number of hydrogen-bond donors (Lipinski definition) is 1. The van der Waals surface area contributed by atoms with E-state index in [2.05, 4.69) is 9.97 Å². The molecule has 0 radical (unpaired) electrons. The van der Waals surface area contributed by atoms with Crippen LogP contribution in [0.25, 0.3) is 0 Å². The van der Waals surface area contributed by atoms with E-state index in [1.807, 2.05) is 13.8 Å². The molecule has 0 spiro atoms. The molecule has 1 amide bonds. The molecule has 0 saturated heterocycles. The molecule has 76 valence electrons. The van der Waals surface area contributed by atoms with E-state index in [-0.39, 0.29) is 11.8 Å². The van der Waals surface area contributed by atoms with Crippen molar-refractivity contribution in [3.8, 4) is 0 Å². The highest BCUT2D eigenvalue weighted by atomic mass is 16.2. The maximum absolute atomic E-state index is 11.5. The highest BCUT2D eigenvalue weighted by molar-refractivity contribution is 5.91. The van der Waals surface area contributed by atoms with Gasteiger partial charge in [-0.1, -0.05) is 13.8 Å². The Morgan fingerprint density at radius 2 is 2.29 bits per heavy atom. The molecule has 1 rings (SSSR count). The van der Waals surface area contributed by atoms with Gasteiger partial charge in [0, 0.05) is 18.8 Å². The van der Waals surface area contributed by atoms with Gasteiger partial charge in [-0.3, -0.25) is 9.78 Å². The zero-order valence-electron chi connectivity index (χ0n) is 8.34. The van der Waals surface area contributed by atoms with Crippen LogP contribution in [0.1, 0.15) is 20.3 Å².